The van der Waals surface area contributed by atoms with Crippen molar-refractivity contribution in [3.8, 4) is 5.75 Å². The molecule has 0 saturated carbocycles. The normalized spacial score (nSPS) is 17.0. The van der Waals surface area contributed by atoms with Gasteiger partial charge in [-0.25, -0.2) is 0 Å². The van der Waals surface area contributed by atoms with Crippen molar-refractivity contribution in [2.75, 3.05) is 55.0 Å². The number of nitrogens with zero attached hydrogens (tertiary/aromatic N) is 3. The molecule has 0 radical (unpaired) electrons. The maximum absolute atomic E-state index is 11.7. The van der Waals surface area contributed by atoms with Gasteiger partial charge in [0.25, 0.3) is 0 Å². The number of benzene rings is 1. The van der Waals surface area contributed by atoms with Crippen LogP contribution in [0.5, 0.6) is 5.75 Å². The van der Waals surface area contributed by atoms with Crippen LogP contribution in [-0.4, -0.2) is 76.7 Å². The number of nitrogens with one attached hydrogen (secondary N) is 1. The lowest BCUT2D eigenvalue weighted by atomic mass is 9.97. The van der Waals surface area contributed by atoms with Crippen molar-refractivity contribution >= 4 is 11.9 Å². The van der Waals surface area contributed by atoms with Crippen LogP contribution in [-0.2, 0) is 9.53 Å². The largest absolute Gasteiger partial charge is 0.497 e. The van der Waals surface area contributed by atoms with Crippen LogP contribution in [0.15, 0.2) is 29.3 Å². The van der Waals surface area contributed by atoms with Crippen LogP contribution in [0.4, 0.5) is 0 Å². The predicted molar refractivity (Wildman–Crippen MR) is 107 cm³/mol. The minimum Gasteiger partial charge on any atom is -0.497 e. The number of ether oxygens (including phenoxy) is 2. The Labute approximate surface area is 162 Å². The quantitative estimate of drug-likeness (QED) is 0.464. The van der Waals surface area contributed by atoms with Gasteiger partial charge in [0.05, 0.1) is 26.2 Å². The third-order valence-electron chi connectivity index (χ3n) is 5.10. The Morgan fingerprint density at radius 3 is 2.59 bits per heavy atom. The first kappa shape index (κ1) is 21.0. The van der Waals surface area contributed by atoms with E-state index in [0.29, 0.717) is 0 Å². The number of piperidine rings is 1. The van der Waals surface area contributed by atoms with Crippen molar-refractivity contribution in [1.29, 1.82) is 0 Å². The summed E-state index contributed by atoms with van der Waals surface area (Å²) in [6.45, 7) is 2.32. The first-order valence-electron chi connectivity index (χ1n) is 9.34. The van der Waals surface area contributed by atoms with Crippen LogP contribution in [0, 0.1) is 5.92 Å². The van der Waals surface area contributed by atoms with Gasteiger partial charge in [-0.2, -0.15) is 0 Å². The van der Waals surface area contributed by atoms with Gasteiger partial charge in [0.15, 0.2) is 5.96 Å². The smallest absolute Gasteiger partial charge is 0.308 e. The third kappa shape index (κ3) is 5.60. The van der Waals surface area contributed by atoms with Crippen molar-refractivity contribution in [2.45, 2.75) is 18.9 Å². The minimum atomic E-state index is -0.108. The number of aliphatic imine (C=N–C) groups is 1. The summed E-state index contributed by atoms with van der Waals surface area (Å²) in [5.41, 5.74) is 1.19. The fraction of sp³-hybridized carbons (Fsp3) is 0.600. The van der Waals surface area contributed by atoms with E-state index < -0.39 is 0 Å². The number of likely N-dealkylation sites (tertiary alicyclic amines) is 1. The first-order valence-corrected chi connectivity index (χ1v) is 9.34. The van der Waals surface area contributed by atoms with Gasteiger partial charge in [0.1, 0.15) is 5.75 Å². The number of esters is 1. The average molecular weight is 377 g/mol. The molecular weight excluding hydrogens is 344 g/mol. The van der Waals surface area contributed by atoms with E-state index in [1.54, 1.807) is 14.2 Å². The maximum Gasteiger partial charge on any atom is 0.308 e. The molecule has 1 aromatic rings. The lowest BCUT2D eigenvalue weighted by Crippen LogP contribution is -2.48. The van der Waals surface area contributed by atoms with Crippen molar-refractivity contribution in [3.05, 3.63) is 29.8 Å². The van der Waals surface area contributed by atoms with Gasteiger partial charge < -0.3 is 24.6 Å². The molecule has 0 aliphatic carbocycles. The Morgan fingerprint density at radius 1 is 1.33 bits per heavy atom. The van der Waals surface area contributed by atoms with E-state index in [4.69, 9.17) is 9.47 Å². The molecule has 7 nitrogen and oxygen atoms in total. The number of hydrogen-bond acceptors (Lipinski definition) is 5. The molecule has 0 amide bonds. The maximum atomic E-state index is 11.7. The summed E-state index contributed by atoms with van der Waals surface area (Å²) in [5, 5.41) is 3.49. The topological polar surface area (TPSA) is 66.4 Å². The second-order valence-corrected chi connectivity index (χ2v) is 6.97. The number of carbonyl (C=O) groups excluding carboxylic acids is 1. The zero-order chi connectivity index (χ0) is 19.8. The second kappa shape index (κ2) is 10.2. The van der Waals surface area contributed by atoms with Crippen LogP contribution >= 0.6 is 0 Å². The Bertz CT molecular complexity index is 640. The molecule has 150 valence electrons. The van der Waals surface area contributed by atoms with Crippen LogP contribution < -0.4 is 10.1 Å². The summed E-state index contributed by atoms with van der Waals surface area (Å²) in [5.74, 6) is 1.61. The number of rotatable bonds is 6. The van der Waals surface area contributed by atoms with Gasteiger partial charge >= 0.3 is 5.97 Å². The molecule has 1 aliphatic heterocycles. The van der Waals surface area contributed by atoms with Crippen LogP contribution in [0.1, 0.15) is 24.4 Å². The van der Waals surface area contributed by atoms with Gasteiger partial charge in [-0.3, -0.25) is 9.79 Å². The summed E-state index contributed by atoms with van der Waals surface area (Å²) >= 11 is 0. The standard InChI is InChI=1S/C20H32N4O3/c1-21-20(24-11-9-15(10-12-24)19(25)27-5)22-14-18(23(2)3)16-7-6-8-17(13-16)26-4/h6-8,13,15,18H,9-12,14H2,1-5H3,(H,21,22). The monoisotopic (exact) mass is 376 g/mol. The van der Waals surface area contributed by atoms with E-state index in [1.165, 1.54) is 12.7 Å². The molecule has 27 heavy (non-hydrogen) atoms. The van der Waals surface area contributed by atoms with E-state index >= 15 is 0 Å². The first-order chi connectivity index (χ1) is 13.0. The molecule has 1 fully saturated rings. The Morgan fingerprint density at radius 2 is 2.04 bits per heavy atom. The summed E-state index contributed by atoms with van der Waals surface area (Å²) < 4.78 is 10.2. The van der Waals surface area contributed by atoms with Crippen molar-refractivity contribution in [3.63, 3.8) is 0 Å². The number of likely N-dealkylation sites (N-methyl/N-ethyl adjacent to an activating group) is 1. The molecular formula is C20H32N4O3. The fourth-order valence-corrected chi connectivity index (χ4v) is 3.46. The molecule has 1 N–H and O–H groups in total. The molecule has 0 bridgehead atoms. The highest BCUT2D eigenvalue weighted by molar-refractivity contribution is 5.80. The van der Waals surface area contributed by atoms with Crippen molar-refractivity contribution in [2.24, 2.45) is 10.9 Å². The average Bonchev–Trinajstić information content (AvgIpc) is 2.70. The predicted octanol–water partition coefficient (Wildman–Crippen LogP) is 1.76. The molecule has 1 aliphatic rings. The van der Waals surface area contributed by atoms with E-state index in [-0.39, 0.29) is 17.9 Å². The van der Waals surface area contributed by atoms with Gasteiger partial charge in [0, 0.05) is 26.7 Å². The molecule has 1 atom stereocenters. The van der Waals surface area contributed by atoms with E-state index in [9.17, 15) is 4.79 Å². The van der Waals surface area contributed by atoms with Crippen LogP contribution in [0.3, 0.4) is 0 Å². The van der Waals surface area contributed by atoms with Gasteiger partial charge in [0.2, 0.25) is 0 Å². The summed E-state index contributed by atoms with van der Waals surface area (Å²) in [6, 6.07) is 8.33. The highest BCUT2D eigenvalue weighted by atomic mass is 16.5. The molecule has 2 rings (SSSR count). The van der Waals surface area contributed by atoms with E-state index in [0.717, 1.165) is 44.2 Å². The molecule has 0 aromatic heterocycles. The number of methoxy groups -OCH3 is 2. The number of carbonyl (C=O) groups is 1. The zero-order valence-electron chi connectivity index (χ0n) is 17.1. The van der Waals surface area contributed by atoms with Crippen LogP contribution in [0.2, 0.25) is 0 Å². The van der Waals surface area contributed by atoms with Gasteiger partial charge in [-0.1, -0.05) is 12.1 Å². The zero-order valence-corrected chi connectivity index (χ0v) is 17.1. The molecule has 1 heterocycles. The summed E-state index contributed by atoms with van der Waals surface area (Å²) in [4.78, 5) is 20.5. The van der Waals surface area contributed by atoms with Crippen molar-refractivity contribution < 1.29 is 14.3 Å². The SMILES string of the molecule is CN=C(NCC(c1cccc(OC)c1)N(C)C)N1CCC(C(=O)OC)CC1. The molecule has 1 unspecified atom stereocenters. The second-order valence-electron chi connectivity index (χ2n) is 6.97. The minimum absolute atomic E-state index is 0.00402. The summed E-state index contributed by atoms with van der Waals surface area (Å²) in [7, 11) is 9.06. The van der Waals surface area contributed by atoms with Crippen molar-refractivity contribution in [1.82, 2.24) is 15.1 Å². The van der Waals surface area contributed by atoms with Gasteiger partial charge in [-0.05, 0) is 44.6 Å². The summed E-state index contributed by atoms with van der Waals surface area (Å²) in [6.07, 6.45) is 1.58. The number of guanidine groups is 1. The Balaban J connectivity index is 1.98. The Hall–Kier alpha value is -2.28. The highest BCUT2D eigenvalue weighted by Gasteiger charge is 2.27. The fourth-order valence-electron chi connectivity index (χ4n) is 3.46. The molecule has 1 aromatic carbocycles. The van der Waals surface area contributed by atoms with E-state index in [1.807, 2.05) is 12.1 Å². The Kier molecular flexibility index (Phi) is 7.91. The molecule has 1 saturated heterocycles. The van der Waals surface area contributed by atoms with Crippen LogP contribution in [0.25, 0.3) is 0 Å². The number of hydrogen-bond donors (Lipinski definition) is 1. The highest BCUT2D eigenvalue weighted by Crippen LogP contribution is 2.23. The van der Waals surface area contributed by atoms with E-state index in [2.05, 4.69) is 46.3 Å². The lowest BCUT2D eigenvalue weighted by molar-refractivity contribution is -0.146. The lowest BCUT2D eigenvalue weighted by Gasteiger charge is -2.34. The third-order valence-corrected chi connectivity index (χ3v) is 5.10. The molecule has 0 spiro atoms. The van der Waals surface area contributed by atoms with Gasteiger partial charge in [-0.15, -0.1) is 0 Å². The molecule has 7 heteroatoms.